The molecule has 1 aliphatic heterocycles. The smallest absolute Gasteiger partial charge is 0.126 e. The molecule has 1 unspecified atom stereocenters. The van der Waals surface area contributed by atoms with Gasteiger partial charge in [-0.15, -0.1) is 0 Å². The van der Waals surface area contributed by atoms with Gasteiger partial charge in [0.1, 0.15) is 6.29 Å². The zero-order valence-electron chi connectivity index (χ0n) is 11.2. The molecule has 0 aliphatic carbocycles. The molecular weight excluding hydrogens is 200 g/mol. The lowest BCUT2D eigenvalue weighted by Gasteiger charge is -2.34. The minimum absolute atomic E-state index is 0.212. The fourth-order valence-electron chi connectivity index (χ4n) is 2.45. The summed E-state index contributed by atoms with van der Waals surface area (Å²) >= 11 is 0. The lowest BCUT2D eigenvalue weighted by atomic mass is 9.94. The summed E-state index contributed by atoms with van der Waals surface area (Å²) in [5.41, 5.74) is -0.212. The molecule has 0 radical (unpaired) electrons. The largest absolute Gasteiger partial charge is 0.305 e. The number of hydrogen-bond acceptors (Lipinski definition) is 3. The molecule has 1 rings (SSSR count). The predicted octanol–water partition coefficient (Wildman–Crippen LogP) is 1.63. The van der Waals surface area contributed by atoms with E-state index in [2.05, 4.69) is 23.8 Å². The van der Waals surface area contributed by atoms with Crippen molar-refractivity contribution < 1.29 is 4.79 Å². The van der Waals surface area contributed by atoms with E-state index in [4.69, 9.17) is 0 Å². The highest BCUT2D eigenvalue weighted by Gasteiger charge is 2.27. The van der Waals surface area contributed by atoms with Gasteiger partial charge in [-0.05, 0) is 33.0 Å². The molecule has 0 spiro atoms. The van der Waals surface area contributed by atoms with Crippen molar-refractivity contribution in [1.29, 1.82) is 0 Å². The highest BCUT2D eigenvalue weighted by atomic mass is 16.1. The number of nitrogens with zero attached hydrogens (tertiary/aromatic N) is 2. The van der Waals surface area contributed by atoms with E-state index in [9.17, 15) is 4.79 Å². The summed E-state index contributed by atoms with van der Waals surface area (Å²) in [4.78, 5) is 15.9. The fraction of sp³-hybridized carbons (Fsp3) is 0.923. The van der Waals surface area contributed by atoms with Crippen LogP contribution in [0.15, 0.2) is 0 Å². The zero-order valence-corrected chi connectivity index (χ0v) is 11.2. The second-order valence-electron chi connectivity index (χ2n) is 5.75. The summed E-state index contributed by atoms with van der Waals surface area (Å²) in [6.07, 6.45) is 3.47. The van der Waals surface area contributed by atoms with Gasteiger partial charge in [-0.3, -0.25) is 4.90 Å². The molecule has 1 fully saturated rings. The third-order valence-electron chi connectivity index (χ3n) is 3.42. The van der Waals surface area contributed by atoms with Crippen molar-refractivity contribution in [3.05, 3.63) is 0 Å². The average Bonchev–Trinajstić information content (AvgIpc) is 2.40. The first kappa shape index (κ1) is 13.7. The van der Waals surface area contributed by atoms with Crippen molar-refractivity contribution in [3.8, 4) is 0 Å². The summed E-state index contributed by atoms with van der Waals surface area (Å²) in [7, 11) is 2.19. The van der Waals surface area contributed by atoms with Crippen molar-refractivity contribution in [2.45, 2.75) is 39.7 Å². The van der Waals surface area contributed by atoms with Gasteiger partial charge in [-0.1, -0.05) is 20.8 Å². The highest BCUT2D eigenvalue weighted by molar-refractivity contribution is 5.58. The van der Waals surface area contributed by atoms with E-state index in [0.29, 0.717) is 6.04 Å². The van der Waals surface area contributed by atoms with Crippen LogP contribution in [-0.4, -0.2) is 55.4 Å². The van der Waals surface area contributed by atoms with Crippen molar-refractivity contribution in [1.82, 2.24) is 9.80 Å². The number of likely N-dealkylation sites (N-methyl/N-ethyl adjacent to an activating group) is 1. The SMILES string of the molecule is CCC1CN(C)CCCN1CC(C)(C)C=O. The van der Waals surface area contributed by atoms with Gasteiger partial charge >= 0.3 is 0 Å². The molecule has 3 heteroatoms. The first-order chi connectivity index (χ1) is 7.48. The van der Waals surface area contributed by atoms with Gasteiger partial charge in [0, 0.05) is 24.5 Å². The maximum absolute atomic E-state index is 11.0. The average molecular weight is 226 g/mol. The molecule has 16 heavy (non-hydrogen) atoms. The Morgan fingerprint density at radius 3 is 2.62 bits per heavy atom. The minimum Gasteiger partial charge on any atom is -0.305 e. The number of rotatable bonds is 4. The van der Waals surface area contributed by atoms with Crippen LogP contribution in [0.25, 0.3) is 0 Å². The summed E-state index contributed by atoms with van der Waals surface area (Å²) in [5.74, 6) is 0. The van der Waals surface area contributed by atoms with E-state index in [0.717, 1.165) is 25.9 Å². The van der Waals surface area contributed by atoms with E-state index in [1.54, 1.807) is 0 Å². The number of aldehydes is 1. The van der Waals surface area contributed by atoms with Crippen LogP contribution in [0.2, 0.25) is 0 Å². The Balaban J connectivity index is 2.64. The van der Waals surface area contributed by atoms with Crippen LogP contribution >= 0.6 is 0 Å². The quantitative estimate of drug-likeness (QED) is 0.681. The van der Waals surface area contributed by atoms with Crippen LogP contribution in [0.3, 0.4) is 0 Å². The Hall–Kier alpha value is -0.410. The standard InChI is InChI=1S/C13H26N2O/c1-5-12-9-14(4)7-6-8-15(12)10-13(2,3)11-16/h11-12H,5-10H2,1-4H3. The van der Waals surface area contributed by atoms with Crippen molar-refractivity contribution in [2.24, 2.45) is 5.41 Å². The molecule has 0 saturated carbocycles. The van der Waals surface area contributed by atoms with Crippen LogP contribution < -0.4 is 0 Å². The lowest BCUT2D eigenvalue weighted by molar-refractivity contribution is -0.115. The van der Waals surface area contributed by atoms with Crippen LogP contribution in [-0.2, 0) is 4.79 Å². The monoisotopic (exact) mass is 226 g/mol. The minimum atomic E-state index is -0.212. The van der Waals surface area contributed by atoms with Gasteiger partial charge in [-0.25, -0.2) is 0 Å². The maximum atomic E-state index is 11.0. The summed E-state index contributed by atoms with van der Waals surface area (Å²) < 4.78 is 0. The third kappa shape index (κ3) is 3.87. The molecular formula is C13H26N2O. The van der Waals surface area contributed by atoms with Crippen LogP contribution in [0, 0.1) is 5.41 Å². The van der Waals surface area contributed by atoms with Crippen molar-refractivity contribution in [3.63, 3.8) is 0 Å². The fourth-order valence-corrected chi connectivity index (χ4v) is 2.45. The van der Waals surface area contributed by atoms with Gasteiger partial charge in [-0.2, -0.15) is 0 Å². The zero-order chi connectivity index (χ0) is 12.2. The molecule has 1 aliphatic rings. The second-order valence-corrected chi connectivity index (χ2v) is 5.75. The normalized spacial score (nSPS) is 25.4. The van der Waals surface area contributed by atoms with E-state index >= 15 is 0 Å². The first-order valence-corrected chi connectivity index (χ1v) is 6.37. The van der Waals surface area contributed by atoms with Gasteiger partial charge in [0.15, 0.2) is 0 Å². The molecule has 0 aromatic carbocycles. The van der Waals surface area contributed by atoms with Gasteiger partial charge in [0.05, 0.1) is 0 Å². The summed E-state index contributed by atoms with van der Waals surface area (Å²) in [6.45, 7) is 10.6. The number of carbonyl (C=O) groups excluding carboxylic acids is 1. The number of hydrogen-bond donors (Lipinski definition) is 0. The van der Waals surface area contributed by atoms with Crippen LogP contribution in [0.5, 0.6) is 0 Å². The molecule has 0 N–H and O–H groups in total. The molecule has 94 valence electrons. The van der Waals surface area contributed by atoms with E-state index in [1.165, 1.54) is 19.4 Å². The topological polar surface area (TPSA) is 23.6 Å². The summed E-state index contributed by atoms with van der Waals surface area (Å²) in [5, 5.41) is 0. The van der Waals surface area contributed by atoms with Gasteiger partial charge < -0.3 is 9.69 Å². The Morgan fingerprint density at radius 2 is 2.06 bits per heavy atom. The van der Waals surface area contributed by atoms with E-state index < -0.39 is 0 Å². The van der Waals surface area contributed by atoms with Gasteiger partial charge in [0.2, 0.25) is 0 Å². The highest BCUT2D eigenvalue weighted by Crippen LogP contribution is 2.19. The first-order valence-electron chi connectivity index (χ1n) is 6.37. The second kappa shape index (κ2) is 5.78. The van der Waals surface area contributed by atoms with E-state index in [1.807, 2.05) is 13.8 Å². The summed E-state index contributed by atoms with van der Waals surface area (Å²) in [6, 6.07) is 0.603. The molecule has 1 heterocycles. The molecule has 3 nitrogen and oxygen atoms in total. The molecule has 0 aromatic heterocycles. The molecule has 1 atom stereocenters. The van der Waals surface area contributed by atoms with Crippen LogP contribution in [0.4, 0.5) is 0 Å². The van der Waals surface area contributed by atoms with Gasteiger partial charge in [0.25, 0.3) is 0 Å². The number of carbonyl (C=O) groups is 1. The Morgan fingerprint density at radius 1 is 1.38 bits per heavy atom. The third-order valence-corrected chi connectivity index (χ3v) is 3.42. The van der Waals surface area contributed by atoms with Crippen molar-refractivity contribution in [2.75, 3.05) is 33.2 Å². The molecule has 0 amide bonds. The Labute approximate surface area is 99.8 Å². The van der Waals surface area contributed by atoms with Crippen LogP contribution in [0.1, 0.15) is 33.6 Å². The maximum Gasteiger partial charge on any atom is 0.126 e. The molecule has 1 saturated heterocycles. The molecule has 0 bridgehead atoms. The Kier molecular flexibility index (Phi) is 4.93. The predicted molar refractivity (Wildman–Crippen MR) is 67.6 cm³/mol. The molecule has 0 aromatic rings. The van der Waals surface area contributed by atoms with E-state index in [-0.39, 0.29) is 5.41 Å². The lowest BCUT2D eigenvalue weighted by Crippen LogP contribution is -2.44. The Bertz CT molecular complexity index is 228. The van der Waals surface area contributed by atoms with Crippen molar-refractivity contribution >= 4 is 6.29 Å².